The van der Waals surface area contributed by atoms with Crippen LogP contribution in [0.3, 0.4) is 0 Å². The summed E-state index contributed by atoms with van der Waals surface area (Å²) in [5, 5.41) is 2.90. The van der Waals surface area contributed by atoms with Gasteiger partial charge in [-0.1, -0.05) is 116 Å². The summed E-state index contributed by atoms with van der Waals surface area (Å²) < 4.78 is 0. The quantitative estimate of drug-likeness (QED) is 0.330. The molecule has 3 aromatic carbocycles. The van der Waals surface area contributed by atoms with Crippen LogP contribution >= 0.6 is 0 Å². The first kappa shape index (κ1) is 36.3. The number of benzene rings is 3. The minimum Gasteiger partial charge on any atom is -1.00 e. The minimum absolute atomic E-state index is 0. The van der Waals surface area contributed by atoms with Crippen LogP contribution in [-0.2, 0) is 21.7 Å². The molecule has 1 aliphatic rings. The first-order chi connectivity index (χ1) is 15.7. The maximum atomic E-state index is 10.8. The summed E-state index contributed by atoms with van der Waals surface area (Å²) in [5.41, 5.74) is 13.5. The molecule has 1 radical (unpaired) electrons. The molecule has 2 nitrogen and oxygen atoms in total. The summed E-state index contributed by atoms with van der Waals surface area (Å²) in [7, 11) is 0.271. The van der Waals surface area contributed by atoms with Gasteiger partial charge < -0.3 is 35.3 Å². The molecule has 1 aliphatic carbocycles. The second-order valence-electron chi connectivity index (χ2n) is 8.36. The molecule has 0 saturated heterocycles. The van der Waals surface area contributed by atoms with Gasteiger partial charge in [0.2, 0.25) is 0 Å². The van der Waals surface area contributed by atoms with E-state index in [1.54, 1.807) is 0 Å². The summed E-state index contributed by atoms with van der Waals surface area (Å²) in [6, 6.07) is 26.9. The van der Waals surface area contributed by atoms with Crippen molar-refractivity contribution in [2.45, 2.75) is 41.5 Å². The Morgan fingerprint density at radius 3 is 1.42 bits per heavy atom. The van der Waals surface area contributed by atoms with Gasteiger partial charge in [0.1, 0.15) is 9.52 Å². The Morgan fingerprint density at radius 2 is 1.17 bits per heavy atom. The largest absolute Gasteiger partial charge is 4.00 e. The van der Waals surface area contributed by atoms with E-state index in [-0.39, 0.29) is 56.1 Å². The van der Waals surface area contributed by atoms with Crippen molar-refractivity contribution in [1.29, 1.82) is 0 Å². The van der Waals surface area contributed by atoms with Crippen molar-refractivity contribution in [2.75, 3.05) is 0 Å². The monoisotopic (exact) mass is 570 g/mol. The molecule has 0 fully saturated rings. The SMILES string of the molecule is CC1=[C-]C(C)C(C)=C1C.Cc1cccc(C)c1C([NH-])=O.[Cl-].[Cl-].[Ti+4].c1ccc([SiH]c2ccccc2)cc1. The van der Waals surface area contributed by atoms with Crippen molar-refractivity contribution in [3.8, 4) is 0 Å². The van der Waals surface area contributed by atoms with Crippen molar-refractivity contribution in [3.63, 3.8) is 0 Å². The fraction of sp³-hybridized carbons (Fsp3) is 0.233. The molecule has 1 unspecified atom stereocenters. The van der Waals surface area contributed by atoms with Gasteiger partial charge in [-0.25, -0.2) is 5.57 Å². The van der Waals surface area contributed by atoms with Crippen molar-refractivity contribution in [1.82, 2.24) is 0 Å². The number of hydrogen-bond donors (Lipinski definition) is 0. The molecule has 0 aromatic heterocycles. The zero-order chi connectivity index (χ0) is 24.4. The van der Waals surface area contributed by atoms with E-state index in [1.165, 1.54) is 27.1 Å². The number of carbonyl (C=O) groups excluding carboxylic acids is 1. The fourth-order valence-electron chi connectivity index (χ4n) is 3.63. The second kappa shape index (κ2) is 18.4. The maximum Gasteiger partial charge on any atom is 4.00 e. The first-order valence-corrected chi connectivity index (χ1v) is 12.4. The molecule has 6 heteroatoms. The molecule has 36 heavy (non-hydrogen) atoms. The summed E-state index contributed by atoms with van der Waals surface area (Å²) in [4.78, 5) is 10.8. The van der Waals surface area contributed by atoms with E-state index in [1.807, 2.05) is 32.0 Å². The number of nitrogens with one attached hydrogen (secondary N) is 1. The van der Waals surface area contributed by atoms with Gasteiger partial charge in [0.25, 0.3) is 0 Å². The smallest absolute Gasteiger partial charge is 1.00 e. The number of aryl methyl sites for hydroxylation is 2. The van der Waals surface area contributed by atoms with Crippen LogP contribution in [-0.4, -0.2) is 15.4 Å². The summed E-state index contributed by atoms with van der Waals surface area (Å²) in [6.07, 6.45) is 3.36. The van der Waals surface area contributed by atoms with Crippen LogP contribution in [0.5, 0.6) is 0 Å². The van der Waals surface area contributed by atoms with Crippen LogP contribution in [0, 0.1) is 25.8 Å². The third kappa shape index (κ3) is 11.5. The topological polar surface area (TPSA) is 40.9 Å². The van der Waals surface area contributed by atoms with Crippen LogP contribution in [0.2, 0.25) is 0 Å². The molecule has 187 valence electrons. The average Bonchev–Trinajstić information content (AvgIpc) is 3.01. The fourth-order valence-corrected chi connectivity index (χ4v) is 4.84. The number of carbonyl (C=O) groups is 1. The molecular formula is C30H34Cl2NOSiTi. The van der Waals surface area contributed by atoms with Gasteiger partial charge in [0, 0.05) is 5.56 Å². The standard InChI is InChI=1S/C12H11Si.C9H11NO.C9H13.2ClH.Ti/c1-3-7-11(8-4-1)13-12-9-5-2-6-10-12;1-6-4-3-5-7(2)8(6)9(10)11;1-6-5-7(2)9(4)8(6)3;;;/h1-10,13H;3-5H,1-2H3,(H2,10,11);6H,1-4H3;2*1H;/q;;-1;;;+4/p-3. The summed E-state index contributed by atoms with van der Waals surface area (Å²) in [6.45, 7) is 12.4. The molecule has 0 bridgehead atoms. The van der Waals surface area contributed by atoms with E-state index in [2.05, 4.69) is 94.4 Å². The molecule has 0 aliphatic heterocycles. The zero-order valence-electron chi connectivity index (χ0n) is 21.8. The number of rotatable bonds is 3. The van der Waals surface area contributed by atoms with Gasteiger partial charge in [0.05, 0.1) is 5.91 Å². The van der Waals surface area contributed by atoms with Crippen LogP contribution in [0.15, 0.2) is 95.6 Å². The first-order valence-electron chi connectivity index (χ1n) is 11.3. The van der Waals surface area contributed by atoms with Gasteiger partial charge >= 0.3 is 21.7 Å². The Morgan fingerprint density at radius 1 is 0.750 bits per heavy atom. The zero-order valence-corrected chi connectivity index (χ0v) is 26.1. The van der Waals surface area contributed by atoms with Gasteiger partial charge in [0.15, 0.2) is 0 Å². The predicted molar refractivity (Wildman–Crippen MR) is 144 cm³/mol. The van der Waals surface area contributed by atoms with E-state index < -0.39 is 5.91 Å². The predicted octanol–water partition coefficient (Wildman–Crippen LogP) is 0.297. The molecule has 0 heterocycles. The maximum absolute atomic E-state index is 10.8. The van der Waals surface area contributed by atoms with Crippen molar-refractivity contribution < 1.29 is 51.3 Å². The molecule has 4 rings (SSSR count). The molecule has 0 saturated carbocycles. The molecule has 3 aromatic rings. The Hall–Kier alpha value is -1.88. The van der Waals surface area contributed by atoms with Crippen LogP contribution < -0.4 is 35.2 Å². The Balaban J connectivity index is 0. The molecular weight excluding hydrogens is 537 g/mol. The third-order valence-electron chi connectivity index (χ3n) is 5.88. The normalized spacial score (nSPS) is 13.3. The van der Waals surface area contributed by atoms with E-state index in [9.17, 15) is 4.79 Å². The van der Waals surface area contributed by atoms with Gasteiger partial charge in [-0.15, -0.1) is 6.92 Å². The minimum atomic E-state index is -0.597. The molecule has 1 amide bonds. The third-order valence-corrected chi connectivity index (χ3v) is 7.31. The van der Waals surface area contributed by atoms with Crippen LogP contribution in [0.4, 0.5) is 0 Å². The van der Waals surface area contributed by atoms with Gasteiger partial charge in [-0.2, -0.15) is 11.1 Å². The number of halogens is 2. The molecule has 1 atom stereocenters. The molecule has 1 N–H and O–H groups in total. The van der Waals surface area contributed by atoms with E-state index >= 15 is 0 Å². The van der Waals surface area contributed by atoms with E-state index in [4.69, 9.17) is 5.73 Å². The Bertz CT molecular complexity index is 1070. The van der Waals surface area contributed by atoms with Crippen LogP contribution in [0.1, 0.15) is 49.2 Å². The average molecular weight is 571 g/mol. The molecule has 0 spiro atoms. The van der Waals surface area contributed by atoms with Crippen molar-refractivity contribution >= 4 is 25.8 Å². The number of allylic oxidation sites excluding steroid dienone is 4. The van der Waals surface area contributed by atoms with E-state index in [0.29, 0.717) is 11.5 Å². The second-order valence-corrected chi connectivity index (χ2v) is 9.98. The van der Waals surface area contributed by atoms with Gasteiger partial charge in [-0.3, -0.25) is 6.08 Å². The summed E-state index contributed by atoms with van der Waals surface area (Å²) in [5.74, 6) is -0.0365. The van der Waals surface area contributed by atoms with Gasteiger partial charge in [-0.05, 0) is 25.0 Å². The van der Waals surface area contributed by atoms with Crippen molar-refractivity contribution in [3.05, 3.63) is 124 Å². The number of amides is 1. The van der Waals surface area contributed by atoms with Crippen molar-refractivity contribution in [2.24, 2.45) is 5.92 Å². The Labute approximate surface area is 247 Å². The van der Waals surface area contributed by atoms with Crippen LogP contribution in [0.25, 0.3) is 5.73 Å². The number of hydrogen-bond acceptors (Lipinski definition) is 1. The summed E-state index contributed by atoms with van der Waals surface area (Å²) >= 11 is 0. The Kier molecular flexibility index (Phi) is 18.5. The van der Waals surface area contributed by atoms with E-state index in [0.717, 1.165) is 11.1 Å².